The van der Waals surface area contributed by atoms with Crippen LogP contribution >= 0.6 is 0 Å². The van der Waals surface area contributed by atoms with Crippen LogP contribution in [0.2, 0.25) is 0 Å². The second-order valence-electron chi connectivity index (χ2n) is 6.21. The summed E-state index contributed by atoms with van der Waals surface area (Å²) in [5, 5.41) is 0. The fourth-order valence-electron chi connectivity index (χ4n) is 3.64. The number of nitrogens with two attached hydrogens (primary N) is 1. The molecule has 2 fully saturated rings. The molecule has 0 spiro atoms. The van der Waals surface area contributed by atoms with Gasteiger partial charge in [-0.05, 0) is 44.9 Å². The number of benzene rings is 1. The molecule has 2 aliphatic rings. The van der Waals surface area contributed by atoms with Crippen molar-refractivity contribution in [2.24, 2.45) is 0 Å². The summed E-state index contributed by atoms with van der Waals surface area (Å²) < 4.78 is 27.8. The summed E-state index contributed by atoms with van der Waals surface area (Å²) in [6.45, 7) is 6.28. The molecule has 6 heteroatoms. The van der Waals surface area contributed by atoms with E-state index in [1.165, 1.54) is 0 Å². The molecule has 1 aromatic carbocycles. The molecule has 2 N–H and O–H groups in total. The third-order valence-corrected chi connectivity index (χ3v) is 6.89. The lowest BCUT2D eigenvalue weighted by Gasteiger charge is -2.41. The van der Waals surface area contributed by atoms with Crippen molar-refractivity contribution >= 4 is 15.7 Å². The van der Waals surface area contributed by atoms with Crippen molar-refractivity contribution < 1.29 is 8.42 Å². The molecule has 3 rings (SSSR count). The number of nitrogen functional groups attached to an aromatic ring is 1. The van der Waals surface area contributed by atoms with E-state index in [1.54, 1.807) is 29.4 Å². The minimum Gasteiger partial charge on any atom is -0.398 e. The monoisotopic (exact) mass is 309 g/mol. The van der Waals surface area contributed by atoms with Crippen LogP contribution in [0.3, 0.4) is 0 Å². The highest BCUT2D eigenvalue weighted by Gasteiger charge is 2.41. The number of piperazine rings is 1. The Kier molecular flexibility index (Phi) is 3.71. The van der Waals surface area contributed by atoms with Crippen LogP contribution in [0.5, 0.6) is 0 Å². The molecule has 2 atom stereocenters. The van der Waals surface area contributed by atoms with E-state index in [9.17, 15) is 8.42 Å². The molecule has 21 heavy (non-hydrogen) atoms. The van der Waals surface area contributed by atoms with Gasteiger partial charge in [0.15, 0.2) is 0 Å². The SMILES string of the molecule is Cc1cccc(N)c1S(=O)(=O)N1CC2CCCN2CC1C. The Bertz CT molecular complexity index is 624. The first-order valence-corrected chi connectivity index (χ1v) is 8.96. The van der Waals surface area contributed by atoms with Gasteiger partial charge in [0.05, 0.1) is 5.69 Å². The number of aryl methyl sites for hydroxylation is 1. The number of nitrogens with zero attached hydrogens (tertiary/aromatic N) is 2. The lowest BCUT2D eigenvalue weighted by molar-refractivity contribution is 0.117. The first-order valence-electron chi connectivity index (χ1n) is 7.52. The van der Waals surface area contributed by atoms with Crippen molar-refractivity contribution in [2.75, 3.05) is 25.4 Å². The Morgan fingerprint density at radius 1 is 1.29 bits per heavy atom. The largest absolute Gasteiger partial charge is 0.398 e. The van der Waals surface area contributed by atoms with Crippen molar-refractivity contribution in [1.82, 2.24) is 9.21 Å². The predicted molar refractivity (Wildman–Crippen MR) is 83.5 cm³/mol. The Hall–Kier alpha value is -1.11. The predicted octanol–water partition coefficient (Wildman–Crippen LogP) is 1.43. The highest BCUT2D eigenvalue weighted by molar-refractivity contribution is 7.89. The molecule has 2 unspecified atom stereocenters. The maximum Gasteiger partial charge on any atom is 0.245 e. The fourth-order valence-corrected chi connectivity index (χ4v) is 5.62. The molecule has 2 aliphatic heterocycles. The number of fused-ring (bicyclic) bond motifs is 1. The smallest absolute Gasteiger partial charge is 0.245 e. The highest BCUT2D eigenvalue weighted by atomic mass is 32.2. The van der Waals surface area contributed by atoms with Crippen molar-refractivity contribution in [1.29, 1.82) is 0 Å². The fraction of sp³-hybridized carbons (Fsp3) is 0.600. The summed E-state index contributed by atoms with van der Waals surface area (Å²) in [7, 11) is -3.53. The van der Waals surface area contributed by atoms with Gasteiger partial charge in [0.25, 0.3) is 0 Å². The molecule has 0 radical (unpaired) electrons. The van der Waals surface area contributed by atoms with Gasteiger partial charge >= 0.3 is 0 Å². The standard InChI is InChI=1S/C15H23N3O2S/c1-11-5-3-7-14(16)15(11)21(19,20)18-10-13-6-4-8-17(13)9-12(18)2/h3,5,7,12-13H,4,6,8-10,16H2,1-2H3. The van der Waals surface area contributed by atoms with Crippen LogP contribution in [0.25, 0.3) is 0 Å². The van der Waals surface area contributed by atoms with Gasteiger partial charge in [-0.15, -0.1) is 0 Å². The van der Waals surface area contributed by atoms with Crippen LogP contribution in [0.1, 0.15) is 25.3 Å². The maximum atomic E-state index is 13.1. The molecule has 0 bridgehead atoms. The number of hydrogen-bond donors (Lipinski definition) is 1. The summed E-state index contributed by atoms with van der Waals surface area (Å²) in [6.07, 6.45) is 2.25. The zero-order chi connectivity index (χ0) is 15.2. The number of hydrogen-bond acceptors (Lipinski definition) is 4. The minimum atomic E-state index is -3.53. The summed E-state index contributed by atoms with van der Waals surface area (Å²) in [5.74, 6) is 0. The summed E-state index contributed by atoms with van der Waals surface area (Å²) in [4.78, 5) is 2.70. The summed E-state index contributed by atoms with van der Waals surface area (Å²) in [5.41, 5.74) is 7.01. The first-order chi connectivity index (χ1) is 9.91. The van der Waals surface area contributed by atoms with Crippen molar-refractivity contribution in [3.63, 3.8) is 0 Å². The quantitative estimate of drug-likeness (QED) is 0.839. The van der Waals surface area contributed by atoms with Crippen LogP contribution < -0.4 is 5.73 Å². The van der Waals surface area contributed by atoms with E-state index >= 15 is 0 Å². The molecule has 5 nitrogen and oxygen atoms in total. The molecular weight excluding hydrogens is 286 g/mol. The molecule has 116 valence electrons. The second kappa shape index (κ2) is 5.26. The van der Waals surface area contributed by atoms with Crippen molar-refractivity contribution in [3.8, 4) is 0 Å². The van der Waals surface area contributed by atoms with Crippen LogP contribution in [-0.2, 0) is 10.0 Å². The van der Waals surface area contributed by atoms with Gasteiger partial charge in [0.2, 0.25) is 10.0 Å². The van der Waals surface area contributed by atoms with Gasteiger partial charge in [-0.25, -0.2) is 8.42 Å². The molecule has 0 aliphatic carbocycles. The number of rotatable bonds is 2. The van der Waals surface area contributed by atoms with Gasteiger partial charge in [0.1, 0.15) is 4.90 Å². The average molecular weight is 309 g/mol. The third-order valence-electron chi connectivity index (χ3n) is 4.69. The van der Waals surface area contributed by atoms with Gasteiger partial charge in [-0.3, -0.25) is 4.90 Å². The highest BCUT2D eigenvalue weighted by Crippen LogP contribution is 2.32. The van der Waals surface area contributed by atoms with Crippen molar-refractivity contribution in [2.45, 2.75) is 43.7 Å². The lowest BCUT2D eigenvalue weighted by Crippen LogP contribution is -2.56. The van der Waals surface area contributed by atoms with Crippen LogP contribution in [0.4, 0.5) is 5.69 Å². The number of sulfonamides is 1. The molecule has 0 saturated carbocycles. The van der Waals surface area contributed by atoms with E-state index in [0.29, 0.717) is 18.3 Å². The Balaban J connectivity index is 1.98. The van der Waals surface area contributed by atoms with Gasteiger partial charge in [0, 0.05) is 25.2 Å². The van der Waals surface area contributed by atoms with E-state index in [1.807, 2.05) is 6.92 Å². The van der Waals surface area contributed by atoms with Crippen LogP contribution in [0, 0.1) is 6.92 Å². The van der Waals surface area contributed by atoms with Crippen LogP contribution in [0.15, 0.2) is 23.1 Å². The molecular formula is C15H23N3O2S. The third kappa shape index (κ3) is 2.45. The second-order valence-corrected chi connectivity index (χ2v) is 8.04. The maximum absolute atomic E-state index is 13.1. The van der Waals surface area contributed by atoms with E-state index in [2.05, 4.69) is 4.90 Å². The molecule has 2 heterocycles. The van der Waals surface area contributed by atoms with E-state index < -0.39 is 10.0 Å². The zero-order valence-electron chi connectivity index (χ0n) is 12.6. The Morgan fingerprint density at radius 2 is 2.05 bits per heavy atom. The summed E-state index contributed by atoms with van der Waals surface area (Å²) >= 11 is 0. The minimum absolute atomic E-state index is 0.0108. The van der Waals surface area contributed by atoms with E-state index in [0.717, 1.165) is 31.5 Å². The van der Waals surface area contributed by atoms with Gasteiger partial charge < -0.3 is 5.73 Å². The Labute approximate surface area is 126 Å². The normalized spacial score (nSPS) is 27.7. The molecule has 0 amide bonds. The topological polar surface area (TPSA) is 66.6 Å². The Morgan fingerprint density at radius 3 is 2.76 bits per heavy atom. The molecule has 2 saturated heterocycles. The summed E-state index contributed by atoms with van der Waals surface area (Å²) in [6, 6.07) is 5.61. The van der Waals surface area contributed by atoms with E-state index in [4.69, 9.17) is 5.73 Å². The molecule has 1 aromatic rings. The van der Waals surface area contributed by atoms with Gasteiger partial charge in [-0.2, -0.15) is 4.31 Å². The van der Waals surface area contributed by atoms with Gasteiger partial charge in [-0.1, -0.05) is 12.1 Å². The lowest BCUT2D eigenvalue weighted by atomic mass is 10.1. The van der Waals surface area contributed by atoms with Crippen molar-refractivity contribution in [3.05, 3.63) is 23.8 Å². The molecule has 0 aromatic heterocycles. The zero-order valence-corrected chi connectivity index (χ0v) is 13.4. The first kappa shape index (κ1) is 14.8. The number of anilines is 1. The average Bonchev–Trinajstić information content (AvgIpc) is 2.84. The van der Waals surface area contributed by atoms with E-state index in [-0.39, 0.29) is 10.9 Å². The van der Waals surface area contributed by atoms with Crippen LogP contribution in [-0.4, -0.2) is 49.3 Å².